The van der Waals surface area contributed by atoms with Gasteiger partial charge < -0.3 is 15.0 Å². The van der Waals surface area contributed by atoms with E-state index in [9.17, 15) is 9.59 Å². The number of amides is 2. The van der Waals surface area contributed by atoms with Gasteiger partial charge in [0.2, 0.25) is 5.91 Å². The van der Waals surface area contributed by atoms with Crippen LogP contribution in [0, 0.1) is 0 Å². The van der Waals surface area contributed by atoms with E-state index in [-0.39, 0.29) is 17.9 Å². The fourth-order valence-corrected chi connectivity index (χ4v) is 3.39. The summed E-state index contributed by atoms with van der Waals surface area (Å²) in [6.45, 7) is 4.35. The van der Waals surface area contributed by atoms with Crippen LogP contribution in [0.25, 0.3) is 0 Å². The van der Waals surface area contributed by atoms with Gasteiger partial charge in [-0.1, -0.05) is 23.7 Å². The minimum absolute atomic E-state index is 0.0500. The molecular weight excluding hydrogens is 342 g/mol. The van der Waals surface area contributed by atoms with E-state index in [1.807, 2.05) is 17.0 Å². The molecule has 1 aromatic rings. The third-order valence-corrected chi connectivity index (χ3v) is 5.02. The van der Waals surface area contributed by atoms with Crippen molar-refractivity contribution < 1.29 is 14.3 Å². The fourth-order valence-electron chi connectivity index (χ4n) is 3.20. The number of carbonyl (C=O) groups excluding carboxylic acids is 2. The Kier molecular flexibility index (Phi) is 6.29. The molecule has 0 aromatic heterocycles. The van der Waals surface area contributed by atoms with Crippen LogP contribution in [-0.2, 0) is 14.3 Å². The van der Waals surface area contributed by atoms with E-state index in [2.05, 4.69) is 10.2 Å². The van der Waals surface area contributed by atoms with E-state index in [4.69, 9.17) is 16.3 Å². The second kappa shape index (κ2) is 8.65. The van der Waals surface area contributed by atoms with Crippen LogP contribution in [0.1, 0.15) is 19.3 Å². The highest BCUT2D eigenvalue weighted by molar-refractivity contribution is 6.33. The molecule has 0 aliphatic carbocycles. The molecule has 0 bridgehead atoms. The van der Waals surface area contributed by atoms with Crippen molar-refractivity contribution in [3.05, 3.63) is 29.3 Å². The number of rotatable bonds is 5. The Balaban J connectivity index is 1.38. The molecule has 0 saturated carbocycles. The maximum Gasteiger partial charge on any atom is 0.251 e. The summed E-state index contributed by atoms with van der Waals surface area (Å²) < 4.78 is 5.47. The highest BCUT2D eigenvalue weighted by Crippen LogP contribution is 2.20. The SMILES string of the molecule is O=C(CCN1CCN(C(=O)C2CCCO2)CC1)Nc1ccccc1Cl. The monoisotopic (exact) mass is 365 g/mol. The standard InChI is InChI=1S/C18H24ClN3O3/c19-14-4-1-2-5-15(14)20-17(23)7-8-21-9-11-22(12-10-21)18(24)16-6-3-13-25-16/h1-2,4-5,16H,3,6-13H2,(H,20,23). The fraction of sp³-hybridized carbons (Fsp3) is 0.556. The number of nitrogens with one attached hydrogen (secondary N) is 1. The predicted octanol–water partition coefficient (Wildman–Crippen LogP) is 1.99. The van der Waals surface area contributed by atoms with Crippen molar-refractivity contribution in [2.24, 2.45) is 0 Å². The molecule has 6 nitrogen and oxygen atoms in total. The predicted molar refractivity (Wildman–Crippen MR) is 96.7 cm³/mol. The second-order valence-electron chi connectivity index (χ2n) is 6.45. The third kappa shape index (κ3) is 4.93. The first-order valence-electron chi connectivity index (χ1n) is 8.80. The van der Waals surface area contributed by atoms with Gasteiger partial charge in [0.05, 0.1) is 10.7 Å². The minimum atomic E-state index is -0.243. The molecule has 1 N–H and O–H groups in total. The first-order valence-corrected chi connectivity index (χ1v) is 9.18. The van der Waals surface area contributed by atoms with E-state index >= 15 is 0 Å². The molecule has 2 aliphatic heterocycles. The number of hydrogen-bond acceptors (Lipinski definition) is 4. The Labute approximate surface area is 153 Å². The zero-order valence-electron chi connectivity index (χ0n) is 14.2. The molecule has 136 valence electrons. The van der Waals surface area contributed by atoms with Gasteiger partial charge in [-0.3, -0.25) is 14.5 Å². The van der Waals surface area contributed by atoms with E-state index in [1.54, 1.807) is 12.1 Å². The van der Waals surface area contributed by atoms with Crippen molar-refractivity contribution in [3.8, 4) is 0 Å². The quantitative estimate of drug-likeness (QED) is 0.866. The van der Waals surface area contributed by atoms with E-state index in [1.165, 1.54) is 0 Å². The van der Waals surface area contributed by atoms with Crippen molar-refractivity contribution in [3.63, 3.8) is 0 Å². The van der Waals surface area contributed by atoms with E-state index < -0.39 is 0 Å². The van der Waals surface area contributed by atoms with Crippen LogP contribution >= 0.6 is 11.6 Å². The number of piperazine rings is 1. The first kappa shape index (κ1) is 18.2. The lowest BCUT2D eigenvalue weighted by Crippen LogP contribution is -2.51. The molecule has 1 aromatic carbocycles. The summed E-state index contributed by atoms with van der Waals surface area (Å²) in [5.41, 5.74) is 0.640. The molecule has 25 heavy (non-hydrogen) atoms. The average molecular weight is 366 g/mol. The number of nitrogens with zero attached hydrogens (tertiary/aromatic N) is 2. The molecule has 2 amide bonds. The molecule has 2 aliphatic rings. The molecule has 0 spiro atoms. The molecule has 1 atom stereocenters. The Morgan fingerprint density at radius 1 is 1.20 bits per heavy atom. The number of benzene rings is 1. The number of hydrogen-bond donors (Lipinski definition) is 1. The molecule has 2 saturated heterocycles. The molecule has 7 heteroatoms. The zero-order chi connectivity index (χ0) is 17.6. The van der Waals surface area contributed by atoms with Crippen molar-refractivity contribution in [2.45, 2.75) is 25.4 Å². The van der Waals surface area contributed by atoms with E-state index in [0.717, 1.165) is 25.9 Å². The summed E-state index contributed by atoms with van der Waals surface area (Å²) in [4.78, 5) is 28.5. The van der Waals surface area contributed by atoms with Gasteiger partial charge in [0.1, 0.15) is 6.10 Å². The second-order valence-corrected chi connectivity index (χ2v) is 6.85. The Hall–Kier alpha value is -1.63. The molecule has 3 rings (SSSR count). The summed E-state index contributed by atoms with van der Waals surface area (Å²) in [5.74, 6) is 0.0691. The van der Waals surface area contributed by atoms with Crippen LogP contribution < -0.4 is 5.32 Å². The average Bonchev–Trinajstić information content (AvgIpc) is 3.16. The Morgan fingerprint density at radius 3 is 2.64 bits per heavy atom. The summed E-state index contributed by atoms with van der Waals surface area (Å²) in [6.07, 6.45) is 1.97. The lowest BCUT2D eigenvalue weighted by atomic mass is 10.2. The summed E-state index contributed by atoms with van der Waals surface area (Å²) in [5, 5.41) is 3.37. The van der Waals surface area contributed by atoms with Crippen LogP contribution in [0.15, 0.2) is 24.3 Å². The molecule has 1 unspecified atom stereocenters. The highest BCUT2D eigenvalue weighted by atomic mass is 35.5. The Morgan fingerprint density at radius 2 is 1.96 bits per heavy atom. The summed E-state index contributed by atoms with van der Waals surface area (Å²) >= 11 is 6.04. The van der Waals surface area contributed by atoms with Crippen LogP contribution in [0.3, 0.4) is 0 Å². The van der Waals surface area contributed by atoms with Crippen molar-refractivity contribution in [1.29, 1.82) is 0 Å². The minimum Gasteiger partial charge on any atom is -0.368 e. The Bertz CT molecular complexity index is 611. The smallest absolute Gasteiger partial charge is 0.251 e. The largest absolute Gasteiger partial charge is 0.368 e. The van der Waals surface area contributed by atoms with Crippen molar-refractivity contribution >= 4 is 29.1 Å². The summed E-state index contributed by atoms with van der Waals surface area (Å²) in [6, 6.07) is 7.21. The zero-order valence-corrected chi connectivity index (χ0v) is 15.0. The van der Waals surface area contributed by atoms with Crippen LogP contribution in [0.2, 0.25) is 5.02 Å². The van der Waals surface area contributed by atoms with Gasteiger partial charge in [-0.2, -0.15) is 0 Å². The van der Waals surface area contributed by atoms with Gasteiger partial charge in [-0.25, -0.2) is 0 Å². The van der Waals surface area contributed by atoms with Crippen LogP contribution in [0.5, 0.6) is 0 Å². The maximum atomic E-state index is 12.3. The van der Waals surface area contributed by atoms with Crippen LogP contribution in [-0.4, -0.2) is 67.0 Å². The van der Waals surface area contributed by atoms with Gasteiger partial charge in [0, 0.05) is 45.8 Å². The third-order valence-electron chi connectivity index (χ3n) is 4.69. The topological polar surface area (TPSA) is 61.9 Å². The lowest BCUT2D eigenvalue weighted by Gasteiger charge is -2.35. The molecular formula is C18H24ClN3O3. The number of ether oxygens (including phenoxy) is 1. The van der Waals surface area contributed by atoms with Gasteiger partial charge in [-0.15, -0.1) is 0 Å². The number of carbonyl (C=O) groups is 2. The number of anilines is 1. The van der Waals surface area contributed by atoms with Crippen molar-refractivity contribution in [2.75, 3.05) is 44.6 Å². The summed E-state index contributed by atoms with van der Waals surface area (Å²) in [7, 11) is 0. The number of para-hydroxylation sites is 1. The van der Waals surface area contributed by atoms with Gasteiger partial charge in [0.15, 0.2) is 0 Å². The number of halogens is 1. The van der Waals surface area contributed by atoms with Crippen molar-refractivity contribution in [1.82, 2.24) is 9.80 Å². The first-order chi connectivity index (χ1) is 12.1. The maximum absolute atomic E-state index is 12.3. The van der Waals surface area contributed by atoms with Crippen LogP contribution in [0.4, 0.5) is 5.69 Å². The highest BCUT2D eigenvalue weighted by Gasteiger charge is 2.30. The lowest BCUT2D eigenvalue weighted by molar-refractivity contribution is -0.142. The molecule has 0 radical (unpaired) electrons. The van der Waals surface area contributed by atoms with E-state index in [0.29, 0.717) is 43.4 Å². The van der Waals surface area contributed by atoms with Gasteiger partial charge in [-0.05, 0) is 25.0 Å². The molecule has 2 fully saturated rings. The van der Waals surface area contributed by atoms with Gasteiger partial charge in [0.25, 0.3) is 5.91 Å². The van der Waals surface area contributed by atoms with Gasteiger partial charge >= 0.3 is 0 Å². The normalized spacial score (nSPS) is 21.3. The molecule has 2 heterocycles.